The summed E-state index contributed by atoms with van der Waals surface area (Å²) in [6.45, 7) is 17.9. The van der Waals surface area contributed by atoms with Crippen LogP contribution in [-0.2, 0) is 56.5 Å². The van der Waals surface area contributed by atoms with Crippen LogP contribution in [0.3, 0.4) is 0 Å². The molecule has 0 saturated heterocycles. The van der Waals surface area contributed by atoms with E-state index in [4.69, 9.17) is 40.0 Å². The number of alkyl halides is 9. The topological polar surface area (TPSA) is 147 Å². The summed E-state index contributed by atoms with van der Waals surface area (Å²) in [7, 11) is 0. The summed E-state index contributed by atoms with van der Waals surface area (Å²) in [6.07, 6.45) is -15.6. The van der Waals surface area contributed by atoms with Crippen molar-refractivity contribution in [2.24, 2.45) is 0 Å². The zero-order valence-electron chi connectivity index (χ0n) is 30.1. The summed E-state index contributed by atoms with van der Waals surface area (Å²) in [5, 5.41) is 31.5. The molecule has 3 aromatic rings. The van der Waals surface area contributed by atoms with Gasteiger partial charge in [-0.05, 0) is 62.9 Å². The van der Waals surface area contributed by atoms with Gasteiger partial charge in [0.05, 0.1) is 0 Å². The maximum Gasteiger partial charge on any atom is 2.00 e. The van der Waals surface area contributed by atoms with Crippen molar-refractivity contribution in [1.29, 1.82) is 0 Å². The molecule has 1 aromatic heterocycles. The molecule has 0 aliphatic carbocycles. The fraction of sp³-hybridized carbons (Fsp3) is 0.429. The molecule has 0 fully saturated rings. The van der Waals surface area contributed by atoms with Gasteiger partial charge in [0.15, 0.2) is 0 Å². The maximum atomic E-state index is 10.5. The molecule has 0 aliphatic heterocycles. The Balaban J connectivity index is -0.000000927. The van der Waals surface area contributed by atoms with Crippen LogP contribution >= 0.6 is 0 Å². The number of carboxylic acids is 3. The van der Waals surface area contributed by atoms with Crippen LogP contribution in [0.15, 0.2) is 54.6 Å². The number of hydrogen-bond acceptors (Lipinski definition) is 7. The molecule has 0 unspecified atom stereocenters. The van der Waals surface area contributed by atoms with E-state index in [1.807, 2.05) is 6.07 Å². The molecule has 3 rings (SSSR count). The number of aliphatic carboxylic acids is 3. The third-order valence-electron chi connectivity index (χ3n) is 6.63. The Hall–Kier alpha value is -3.45. The first-order valence-electron chi connectivity index (χ1n) is 15.3. The Morgan fingerprint density at radius 1 is 0.519 bits per heavy atom. The van der Waals surface area contributed by atoms with Gasteiger partial charge in [-0.25, -0.2) is 0 Å². The minimum Gasteiger partial charge on any atom is -0.542 e. The molecule has 54 heavy (non-hydrogen) atoms. The third-order valence-corrected chi connectivity index (χ3v) is 6.63. The molecule has 0 saturated carbocycles. The first kappa shape index (κ1) is 54.9. The number of aromatic nitrogens is 1. The van der Waals surface area contributed by atoms with Gasteiger partial charge in [-0.2, -0.15) is 39.5 Å². The van der Waals surface area contributed by atoms with Crippen LogP contribution < -0.4 is 15.3 Å². The van der Waals surface area contributed by atoms with Gasteiger partial charge < -0.3 is 40.0 Å². The van der Waals surface area contributed by atoms with Crippen LogP contribution in [0.5, 0.6) is 0 Å². The summed E-state index contributed by atoms with van der Waals surface area (Å²) in [6, 6.07) is 19.5. The van der Waals surface area contributed by atoms with E-state index in [0.29, 0.717) is 23.7 Å². The molecule has 0 aliphatic rings. The van der Waals surface area contributed by atoms with Crippen LogP contribution in [0.25, 0.3) is 16.6 Å². The van der Waals surface area contributed by atoms with Crippen molar-refractivity contribution in [3.8, 4) is 11.3 Å². The summed E-state index contributed by atoms with van der Waals surface area (Å²) in [5.74, 6) is -6.55. The first-order chi connectivity index (χ1) is 23.5. The predicted octanol–water partition coefficient (Wildman–Crippen LogP) is 7.47. The second-order valence-electron chi connectivity index (χ2n) is 12.1. The van der Waals surface area contributed by atoms with Gasteiger partial charge in [-0.15, -0.1) is 0 Å². The van der Waals surface area contributed by atoms with Gasteiger partial charge >= 0.3 is 60.7 Å². The average Bonchev–Trinajstić information content (AvgIpc) is 3.00. The number of hydrogen-bond donors (Lipinski definition) is 0. The smallest absolute Gasteiger partial charge is 0.542 e. The Morgan fingerprint density at radius 2 is 0.778 bits per heavy atom. The number of carbonyl (C=O) groups excluding carboxylic acids is 3. The molecule has 298 valence electrons. The molecule has 0 bridgehead atoms. The quantitative estimate of drug-likeness (QED) is 0.176. The van der Waals surface area contributed by atoms with Crippen LogP contribution in [-0.4, -0.2) is 41.4 Å². The fourth-order valence-corrected chi connectivity index (χ4v) is 4.23. The SMILES string of the molecule is CC(C)c1cccc(C(C)C)c1[N-]c1cccc(-c2c(C(C)C)cccc2C(C)C)n1.O=C([O-])C(F)(F)F.O=C([O-])C(F)(F)F.O=C([O-])C(F)(F)F.[Mo+2].[Mo+2]. The van der Waals surface area contributed by atoms with Gasteiger partial charge in [0.1, 0.15) is 17.9 Å². The van der Waals surface area contributed by atoms with E-state index in [9.17, 15) is 39.5 Å². The fourth-order valence-electron chi connectivity index (χ4n) is 4.23. The molecule has 0 amide bonds. The van der Waals surface area contributed by atoms with Crippen molar-refractivity contribution < 1.29 is 111 Å². The zero-order valence-corrected chi connectivity index (χ0v) is 34.1. The van der Waals surface area contributed by atoms with Crippen LogP contribution in [0.4, 0.5) is 51.0 Å². The summed E-state index contributed by atoms with van der Waals surface area (Å²) in [5.41, 5.74) is 8.63. The minimum atomic E-state index is -5.19. The van der Waals surface area contributed by atoms with Gasteiger partial charge in [-0.1, -0.05) is 116 Å². The Kier molecular flexibility index (Phi) is 23.8. The molecule has 0 atom stereocenters. The van der Waals surface area contributed by atoms with Crippen LogP contribution in [0.1, 0.15) is 101 Å². The van der Waals surface area contributed by atoms with E-state index in [0.717, 1.165) is 17.2 Å². The van der Waals surface area contributed by atoms with Crippen LogP contribution in [0.2, 0.25) is 0 Å². The zero-order chi connectivity index (χ0) is 40.9. The Labute approximate surface area is 335 Å². The summed E-state index contributed by atoms with van der Waals surface area (Å²) in [4.78, 5) is 31.4. The Bertz CT molecular complexity index is 1540. The minimum absolute atomic E-state index is 0. The normalized spacial score (nSPS) is 11.1. The summed E-state index contributed by atoms with van der Waals surface area (Å²) >= 11 is 0. The van der Waals surface area contributed by atoms with E-state index in [2.05, 4.69) is 104 Å². The monoisotopic (exact) mass is 948 g/mol. The largest absolute Gasteiger partial charge is 2.00 e. The molecule has 8 nitrogen and oxygen atoms in total. The number of carbonyl (C=O) groups is 3. The molecule has 19 heteroatoms. The van der Waals surface area contributed by atoms with Crippen molar-refractivity contribution in [3.05, 3.63) is 82.2 Å². The number of nitrogens with zero attached hydrogens (tertiary/aromatic N) is 2. The molecule has 0 N–H and O–H groups in total. The maximum absolute atomic E-state index is 10.5. The van der Waals surface area contributed by atoms with Crippen molar-refractivity contribution in [2.45, 2.75) is 97.6 Å². The van der Waals surface area contributed by atoms with E-state index in [1.54, 1.807) is 0 Å². The molecule has 0 radical (unpaired) electrons. The van der Waals surface area contributed by atoms with Gasteiger partial charge in [0.25, 0.3) is 0 Å². The second kappa shape index (κ2) is 23.5. The average molecular weight is 945 g/mol. The van der Waals surface area contributed by atoms with Crippen molar-refractivity contribution >= 4 is 29.4 Å². The Morgan fingerprint density at radius 3 is 1.04 bits per heavy atom. The van der Waals surface area contributed by atoms with E-state index in [-0.39, 0.29) is 42.1 Å². The first-order valence-corrected chi connectivity index (χ1v) is 15.3. The number of pyridine rings is 1. The number of para-hydroxylation sites is 1. The van der Waals surface area contributed by atoms with Crippen molar-refractivity contribution in [2.75, 3.05) is 0 Å². The second-order valence-corrected chi connectivity index (χ2v) is 12.1. The van der Waals surface area contributed by atoms with Crippen LogP contribution in [0, 0.1) is 0 Å². The van der Waals surface area contributed by atoms with E-state index < -0.39 is 36.4 Å². The molecule has 1 heterocycles. The molecular formula is C35H37F9Mo2N2O6. The molecule has 0 spiro atoms. The van der Waals surface area contributed by atoms with Gasteiger partial charge in [-0.3, -0.25) is 0 Å². The van der Waals surface area contributed by atoms with Gasteiger partial charge in [0.2, 0.25) is 0 Å². The number of rotatable bonds is 7. The van der Waals surface area contributed by atoms with Crippen molar-refractivity contribution in [3.63, 3.8) is 0 Å². The number of carboxylic acid groups (broad SMARTS) is 3. The third kappa shape index (κ3) is 18.7. The number of benzene rings is 2. The van der Waals surface area contributed by atoms with Crippen molar-refractivity contribution in [1.82, 2.24) is 4.98 Å². The summed E-state index contributed by atoms with van der Waals surface area (Å²) < 4.78 is 94.6. The van der Waals surface area contributed by atoms with E-state index in [1.165, 1.54) is 27.8 Å². The standard InChI is InChI=1S/C29H37N2.3C2HF3O2.2Mo/c1-18(2)22-12-9-13-23(19(3)4)28(22)26-16-11-17-27(30-26)31-29-24(20(5)6)14-10-15-25(29)21(7)8;3*3-2(4,5)1(6)7;;/h9-21H,1-8H3;3*(H,6,7);;/q-1;;;;2*+2/p-3. The molecule has 2 aromatic carbocycles. The number of halogens is 9. The predicted molar refractivity (Wildman–Crippen MR) is 168 cm³/mol. The molecular weight excluding hydrogens is 907 g/mol. The van der Waals surface area contributed by atoms with E-state index >= 15 is 0 Å². The van der Waals surface area contributed by atoms with Gasteiger partial charge in [0, 0.05) is 0 Å².